The highest BCUT2D eigenvalue weighted by atomic mass is 32.2. The second kappa shape index (κ2) is 7.90. The van der Waals surface area contributed by atoms with Gasteiger partial charge in [0, 0.05) is 25.7 Å². The SMILES string of the molecule is C[C@@H]1CCCN(C[C@H](C)NS(=O)(=O)CC[C@@H]2CCCO2)C1. The van der Waals surface area contributed by atoms with Gasteiger partial charge < -0.3 is 9.64 Å². The zero-order valence-electron chi connectivity index (χ0n) is 13.4. The van der Waals surface area contributed by atoms with Crippen LogP contribution < -0.4 is 4.72 Å². The standard InChI is InChI=1S/C15H30N2O3S/c1-13-5-3-8-17(11-13)12-14(2)16-21(18,19)10-7-15-6-4-9-20-15/h13-16H,3-12H2,1-2H3/t13-,14+,15+/m1/s1. The normalized spacial score (nSPS) is 29.6. The zero-order chi connectivity index (χ0) is 15.3. The number of nitrogens with zero attached hydrogens (tertiary/aromatic N) is 1. The van der Waals surface area contributed by atoms with Crippen LogP contribution in [-0.2, 0) is 14.8 Å². The van der Waals surface area contributed by atoms with E-state index in [4.69, 9.17) is 4.74 Å². The Morgan fingerprint density at radius 2 is 2.14 bits per heavy atom. The molecule has 2 saturated heterocycles. The minimum atomic E-state index is -3.19. The fourth-order valence-electron chi connectivity index (χ4n) is 3.40. The first-order chi connectivity index (χ1) is 9.94. The van der Waals surface area contributed by atoms with Gasteiger partial charge in [0.05, 0.1) is 11.9 Å². The van der Waals surface area contributed by atoms with Crippen molar-refractivity contribution in [2.75, 3.05) is 32.0 Å². The lowest BCUT2D eigenvalue weighted by Crippen LogP contribution is -2.45. The van der Waals surface area contributed by atoms with Crippen molar-refractivity contribution < 1.29 is 13.2 Å². The Hall–Kier alpha value is -0.170. The smallest absolute Gasteiger partial charge is 0.211 e. The first-order valence-electron chi connectivity index (χ1n) is 8.28. The van der Waals surface area contributed by atoms with Gasteiger partial charge in [-0.1, -0.05) is 6.92 Å². The molecular formula is C15H30N2O3S. The van der Waals surface area contributed by atoms with Crippen LogP contribution in [-0.4, -0.2) is 57.5 Å². The molecule has 2 fully saturated rings. The van der Waals surface area contributed by atoms with E-state index < -0.39 is 10.0 Å². The maximum absolute atomic E-state index is 12.1. The van der Waals surface area contributed by atoms with Gasteiger partial charge in [-0.25, -0.2) is 13.1 Å². The Bertz CT molecular complexity index is 407. The van der Waals surface area contributed by atoms with Crippen molar-refractivity contribution in [3.8, 4) is 0 Å². The molecule has 0 aromatic rings. The first-order valence-corrected chi connectivity index (χ1v) is 9.94. The van der Waals surface area contributed by atoms with Crippen LogP contribution in [0.3, 0.4) is 0 Å². The van der Waals surface area contributed by atoms with Gasteiger partial charge in [0.15, 0.2) is 0 Å². The van der Waals surface area contributed by atoms with E-state index in [0.29, 0.717) is 6.42 Å². The van der Waals surface area contributed by atoms with Gasteiger partial charge >= 0.3 is 0 Å². The molecule has 3 atom stereocenters. The van der Waals surface area contributed by atoms with Crippen LogP contribution in [0.2, 0.25) is 0 Å². The lowest BCUT2D eigenvalue weighted by molar-refractivity contribution is 0.108. The molecule has 2 rings (SSSR count). The average molecular weight is 318 g/mol. The lowest BCUT2D eigenvalue weighted by atomic mass is 10.00. The highest BCUT2D eigenvalue weighted by Crippen LogP contribution is 2.17. The second-order valence-corrected chi connectivity index (χ2v) is 8.64. The molecule has 0 aliphatic carbocycles. The number of sulfonamides is 1. The monoisotopic (exact) mass is 318 g/mol. The Balaban J connectivity index is 1.70. The molecule has 2 aliphatic heterocycles. The molecule has 0 aromatic heterocycles. The van der Waals surface area contributed by atoms with E-state index in [1.807, 2.05) is 6.92 Å². The summed E-state index contributed by atoms with van der Waals surface area (Å²) in [5.74, 6) is 0.903. The van der Waals surface area contributed by atoms with Crippen LogP contribution in [0.25, 0.3) is 0 Å². The van der Waals surface area contributed by atoms with Crippen molar-refractivity contribution in [2.24, 2.45) is 5.92 Å². The summed E-state index contributed by atoms with van der Waals surface area (Å²) in [6.45, 7) is 7.99. The Kier molecular flexibility index (Phi) is 6.47. The number of nitrogens with one attached hydrogen (secondary N) is 1. The fourth-order valence-corrected chi connectivity index (χ4v) is 4.78. The van der Waals surface area contributed by atoms with E-state index in [2.05, 4.69) is 16.5 Å². The molecule has 0 aromatic carbocycles. The molecule has 124 valence electrons. The molecule has 0 saturated carbocycles. The molecule has 2 heterocycles. The summed E-state index contributed by atoms with van der Waals surface area (Å²) in [6, 6.07) is -0.0233. The third kappa shape index (κ3) is 6.22. The summed E-state index contributed by atoms with van der Waals surface area (Å²) in [6.07, 6.45) is 5.32. The van der Waals surface area contributed by atoms with Crippen LogP contribution in [0.15, 0.2) is 0 Å². The second-order valence-electron chi connectivity index (χ2n) is 6.77. The van der Waals surface area contributed by atoms with Gasteiger partial charge in [0.1, 0.15) is 0 Å². The van der Waals surface area contributed by atoms with Crippen molar-refractivity contribution in [2.45, 2.75) is 58.1 Å². The summed E-state index contributed by atoms with van der Waals surface area (Å²) in [4.78, 5) is 2.38. The number of ether oxygens (including phenoxy) is 1. The van der Waals surface area contributed by atoms with E-state index in [-0.39, 0.29) is 17.9 Å². The predicted octanol–water partition coefficient (Wildman–Crippen LogP) is 1.60. The Labute approximate surface area is 129 Å². The Morgan fingerprint density at radius 3 is 2.81 bits per heavy atom. The van der Waals surface area contributed by atoms with Crippen LogP contribution in [0.1, 0.15) is 46.0 Å². The molecule has 0 unspecified atom stereocenters. The van der Waals surface area contributed by atoms with E-state index in [1.54, 1.807) is 0 Å². The molecule has 0 radical (unpaired) electrons. The van der Waals surface area contributed by atoms with Gasteiger partial charge in [-0.05, 0) is 51.5 Å². The molecule has 5 nitrogen and oxygen atoms in total. The fraction of sp³-hybridized carbons (Fsp3) is 1.00. The maximum atomic E-state index is 12.1. The summed E-state index contributed by atoms with van der Waals surface area (Å²) < 4.78 is 32.5. The van der Waals surface area contributed by atoms with Crippen molar-refractivity contribution in [1.29, 1.82) is 0 Å². The first kappa shape index (κ1) is 17.2. The van der Waals surface area contributed by atoms with Crippen molar-refractivity contribution in [1.82, 2.24) is 9.62 Å². The van der Waals surface area contributed by atoms with Gasteiger partial charge in [0.2, 0.25) is 10.0 Å². The van der Waals surface area contributed by atoms with Gasteiger partial charge in [0.25, 0.3) is 0 Å². The number of hydrogen-bond acceptors (Lipinski definition) is 4. The third-order valence-electron chi connectivity index (χ3n) is 4.39. The van der Waals surface area contributed by atoms with Crippen LogP contribution in [0.4, 0.5) is 0 Å². The summed E-state index contributed by atoms with van der Waals surface area (Å²) in [5, 5.41) is 0. The topological polar surface area (TPSA) is 58.6 Å². The quantitative estimate of drug-likeness (QED) is 0.774. The van der Waals surface area contributed by atoms with Gasteiger partial charge in [-0.3, -0.25) is 0 Å². The third-order valence-corrected chi connectivity index (χ3v) is 5.92. The molecular weight excluding hydrogens is 288 g/mol. The molecule has 6 heteroatoms. The summed E-state index contributed by atoms with van der Waals surface area (Å²) in [7, 11) is -3.19. The molecule has 0 amide bonds. The van der Waals surface area contributed by atoms with Crippen LogP contribution in [0, 0.1) is 5.92 Å². The molecule has 2 aliphatic rings. The summed E-state index contributed by atoms with van der Waals surface area (Å²) >= 11 is 0. The van der Waals surface area contributed by atoms with Gasteiger partial charge in [-0.15, -0.1) is 0 Å². The van der Waals surface area contributed by atoms with E-state index in [9.17, 15) is 8.42 Å². The number of hydrogen-bond donors (Lipinski definition) is 1. The van der Waals surface area contributed by atoms with E-state index >= 15 is 0 Å². The molecule has 0 spiro atoms. The molecule has 21 heavy (non-hydrogen) atoms. The predicted molar refractivity (Wildman–Crippen MR) is 84.8 cm³/mol. The minimum Gasteiger partial charge on any atom is -0.378 e. The number of rotatable bonds is 7. The Morgan fingerprint density at radius 1 is 1.33 bits per heavy atom. The van der Waals surface area contributed by atoms with Crippen molar-refractivity contribution in [3.05, 3.63) is 0 Å². The zero-order valence-corrected chi connectivity index (χ0v) is 14.2. The highest BCUT2D eigenvalue weighted by molar-refractivity contribution is 7.89. The number of piperidine rings is 1. The minimum absolute atomic E-state index is 0.0233. The maximum Gasteiger partial charge on any atom is 0.211 e. The number of likely N-dealkylation sites (tertiary alicyclic amines) is 1. The van der Waals surface area contributed by atoms with Gasteiger partial charge in [-0.2, -0.15) is 0 Å². The average Bonchev–Trinajstić information content (AvgIpc) is 2.88. The van der Waals surface area contributed by atoms with Crippen molar-refractivity contribution in [3.63, 3.8) is 0 Å². The largest absolute Gasteiger partial charge is 0.378 e. The van der Waals surface area contributed by atoms with Crippen LogP contribution in [0.5, 0.6) is 0 Å². The lowest BCUT2D eigenvalue weighted by Gasteiger charge is -2.32. The van der Waals surface area contributed by atoms with E-state index in [1.165, 1.54) is 12.8 Å². The molecule has 1 N–H and O–H groups in total. The van der Waals surface area contributed by atoms with Crippen molar-refractivity contribution >= 4 is 10.0 Å². The van der Waals surface area contributed by atoms with Crippen LogP contribution >= 0.6 is 0 Å². The highest BCUT2D eigenvalue weighted by Gasteiger charge is 2.23. The molecule has 0 bridgehead atoms. The summed E-state index contributed by atoms with van der Waals surface area (Å²) in [5.41, 5.74) is 0. The van der Waals surface area contributed by atoms with E-state index in [0.717, 1.165) is 45.0 Å².